The highest BCUT2D eigenvalue weighted by molar-refractivity contribution is 5.72. The second-order valence-electron chi connectivity index (χ2n) is 1.70. The molecule has 2 rings (SSSR count). The van der Waals surface area contributed by atoms with Crippen LogP contribution in [0.3, 0.4) is 0 Å². The Hall–Kier alpha value is -1.18. The van der Waals surface area contributed by atoms with Gasteiger partial charge >= 0.3 is 0 Å². The van der Waals surface area contributed by atoms with Crippen LogP contribution in [0.2, 0.25) is 0 Å². The predicted octanol–water partition coefficient (Wildman–Crippen LogP) is 0.960. The predicted molar refractivity (Wildman–Crippen MR) is 31.0 cm³/mol. The van der Waals surface area contributed by atoms with Gasteiger partial charge in [-0.3, -0.25) is 0 Å². The summed E-state index contributed by atoms with van der Waals surface area (Å²) in [5.41, 5.74) is 2.02. The molecule has 0 saturated carbocycles. The molecule has 0 atom stereocenters. The summed E-state index contributed by atoms with van der Waals surface area (Å²) in [7, 11) is 0. The van der Waals surface area contributed by atoms with E-state index in [2.05, 4.69) is 9.97 Å². The Bertz CT molecular complexity index is 219. The maximum absolute atomic E-state index is 3.95. The smallest absolute Gasteiger partial charge is 0.116 e. The fraction of sp³-hybridized carbons (Fsp3) is 0. The van der Waals surface area contributed by atoms with Crippen molar-refractivity contribution >= 4 is 12.2 Å². The lowest BCUT2D eigenvalue weighted by Crippen LogP contribution is -1.78. The first-order valence-corrected chi connectivity index (χ1v) is 2.45. The molecule has 0 fully saturated rings. The molecule has 8 heavy (non-hydrogen) atoms. The molecule has 0 radical (unpaired) electrons. The normalized spacial score (nSPS) is 12.5. The number of rotatable bonds is 0. The lowest BCUT2D eigenvalue weighted by atomic mass is 10.5. The Morgan fingerprint density at radius 3 is 2.12 bits per heavy atom. The average molecular weight is 104 g/mol. The SMILES string of the molecule is C1=Cc2cc1ncn2. The molecule has 0 spiro atoms. The van der Waals surface area contributed by atoms with Gasteiger partial charge in [0.2, 0.25) is 0 Å². The zero-order valence-corrected chi connectivity index (χ0v) is 4.20. The van der Waals surface area contributed by atoms with Gasteiger partial charge < -0.3 is 0 Å². The molecule has 1 aliphatic carbocycles. The number of hydrogen-bond donors (Lipinski definition) is 0. The molecule has 0 unspecified atom stereocenters. The van der Waals surface area contributed by atoms with Crippen molar-refractivity contribution in [1.29, 1.82) is 0 Å². The summed E-state index contributed by atoms with van der Waals surface area (Å²) in [4.78, 5) is 7.90. The van der Waals surface area contributed by atoms with E-state index in [0.717, 1.165) is 11.4 Å². The van der Waals surface area contributed by atoms with Crippen LogP contribution < -0.4 is 0 Å². The topological polar surface area (TPSA) is 25.8 Å². The van der Waals surface area contributed by atoms with E-state index in [1.165, 1.54) is 0 Å². The van der Waals surface area contributed by atoms with Crippen LogP contribution in [0.15, 0.2) is 12.4 Å². The third-order valence-electron chi connectivity index (χ3n) is 1.13. The van der Waals surface area contributed by atoms with Crippen molar-refractivity contribution < 1.29 is 0 Å². The molecule has 0 N–H and O–H groups in total. The van der Waals surface area contributed by atoms with Crippen molar-refractivity contribution in [2.24, 2.45) is 0 Å². The van der Waals surface area contributed by atoms with E-state index in [-0.39, 0.29) is 0 Å². The molecule has 38 valence electrons. The number of fused-ring (bicyclic) bond motifs is 2. The molecular weight excluding hydrogens is 100 g/mol. The van der Waals surface area contributed by atoms with Crippen LogP contribution in [-0.2, 0) is 0 Å². The van der Waals surface area contributed by atoms with Crippen molar-refractivity contribution in [2.75, 3.05) is 0 Å². The molecule has 2 heteroatoms. The minimum atomic E-state index is 1.01. The summed E-state index contributed by atoms with van der Waals surface area (Å²) >= 11 is 0. The van der Waals surface area contributed by atoms with Crippen molar-refractivity contribution in [3.8, 4) is 0 Å². The standard InChI is InChI=1S/C6H4N2/c1-2-6-3-5(1)7-4-8-6/h1-4H. The molecule has 0 amide bonds. The van der Waals surface area contributed by atoms with E-state index in [4.69, 9.17) is 0 Å². The van der Waals surface area contributed by atoms with E-state index in [9.17, 15) is 0 Å². The zero-order chi connectivity index (χ0) is 5.40. The monoisotopic (exact) mass is 104 g/mol. The Morgan fingerprint density at radius 1 is 1.00 bits per heavy atom. The van der Waals surface area contributed by atoms with E-state index in [1.807, 2.05) is 18.2 Å². The van der Waals surface area contributed by atoms with Crippen LogP contribution in [0.4, 0.5) is 0 Å². The number of nitrogens with zero attached hydrogens (tertiary/aromatic N) is 2. The maximum Gasteiger partial charge on any atom is 0.116 e. The maximum atomic E-state index is 3.95. The number of hydrogen-bond acceptors (Lipinski definition) is 2. The van der Waals surface area contributed by atoms with Crippen LogP contribution in [0.25, 0.3) is 12.2 Å². The van der Waals surface area contributed by atoms with E-state index in [1.54, 1.807) is 6.33 Å². The molecule has 1 aromatic heterocycles. The molecule has 0 saturated heterocycles. The summed E-state index contributed by atoms with van der Waals surface area (Å²) in [5, 5.41) is 0. The van der Waals surface area contributed by atoms with E-state index < -0.39 is 0 Å². The third kappa shape index (κ3) is 0.368. The summed E-state index contributed by atoms with van der Waals surface area (Å²) in [6.07, 6.45) is 5.47. The summed E-state index contributed by atoms with van der Waals surface area (Å²) in [5.74, 6) is 0. The first-order valence-electron chi connectivity index (χ1n) is 2.45. The Labute approximate surface area is 46.9 Å². The third-order valence-corrected chi connectivity index (χ3v) is 1.13. The van der Waals surface area contributed by atoms with Gasteiger partial charge in [0.15, 0.2) is 0 Å². The minimum Gasteiger partial charge on any atom is -0.237 e. The highest BCUT2D eigenvalue weighted by Crippen LogP contribution is 2.10. The van der Waals surface area contributed by atoms with Crippen LogP contribution in [0, 0.1) is 0 Å². The van der Waals surface area contributed by atoms with Gasteiger partial charge in [-0.2, -0.15) is 0 Å². The lowest BCUT2D eigenvalue weighted by Gasteiger charge is -1.82. The van der Waals surface area contributed by atoms with Gasteiger partial charge in [-0.15, -0.1) is 0 Å². The fourth-order valence-electron chi connectivity index (χ4n) is 0.741. The van der Waals surface area contributed by atoms with Crippen molar-refractivity contribution in [3.63, 3.8) is 0 Å². The van der Waals surface area contributed by atoms with Gasteiger partial charge in [0.25, 0.3) is 0 Å². The van der Waals surface area contributed by atoms with Crippen LogP contribution >= 0.6 is 0 Å². The van der Waals surface area contributed by atoms with Gasteiger partial charge in [-0.1, -0.05) is 0 Å². The second kappa shape index (κ2) is 1.15. The van der Waals surface area contributed by atoms with Gasteiger partial charge in [0.05, 0.1) is 11.4 Å². The molecular formula is C6H4N2. The molecule has 1 aliphatic rings. The second-order valence-corrected chi connectivity index (χ2v) is 1.70. The molecule has 2 nitrogen and oxygen atoms in total. The van der Waals surface area contributed by atoms with E-state index >= 15 is 0 Å². The van der Waals surface area contributed by atoms with Crippen molar-refractivity contribution in [1.82, 2.24) is 9.97 Å². The highest BCUT2D eigenvalue weighted by atomic mass is 14.8. The van der Waals surface area contributed by atoms with Gasteiger partial charge in [0, 0.05) is 0 Å². The minimum absolute atomic E-state index is 1.01. The van der Waals surface area contributed by atoms with Crippen molar-refractivity contribution in [3.05, 3.63) is 23.8 Å². The largest absolute Gasteiger partial charge is 0.237 e. The fourth-order valence-corrected chi connectivity index (χ4v) is 0.741. The number of aromatic nitrogens is 2. The van der Waals surface area contributed by atoms with Crippen LogP contribution in [-0.4, -0.2) is 9.97 Å². The Kier molecular flexibility index (Phi) is 0.545. The summed E-state index contributed by atoms with van der Waals surface area (Å²) < 4.78 is 0. The quantitative estimate of drug-likeness (QED) is 0.497. The lowest BCUT2D eigenvalue weighted by molar-refractivity contribution is 1.15. The zero-order valence-electron chi connectivity index (χ0n) is 4.20. The molecule has 2 bridgehead atoms. The van der Waals surface area contributed by atoms with Gasteiger partial charge in [-0.25, -0.2) is 9.97 Å². The average Bonchev–Trinajstić information content (AvgIpc) is 2.12. The highest BCUT2D eigenvalue weighted by Gasteiger charge is 1.97. The Morgan fingerprint density at radius 2 is 1.62 bits per heavy atom. The molecule has 1 heterocycles. The van der Waals surface area contributed by atoms with Crippen LogP contribution in [0.1, 0.15) is 11.4 Å². The van der Waals surface area contributed by atoms with Gasteiger partial charge in [-0.05, 0) is 18.2 Å². The summed E-state index contributed by atoms with van der Waals surface area (Å²) in [6, 6.07) is 1.94. The van der Waals surface area contributed by atoms with Crippen LogP contribution in [0.5, 0.6) is 0 Å². The molecule has 0 aliphatic heterocycles. The first kappa shape index (κ1) is 3.78. The first-order chi connectivity index (χ1) is 3.95. The van der Waals surface area contributed by atoms with Gasteiger partial charge in [0.1, 0.15) is 6.33 Å². The summed E-state index contributed by atoms with van der Waals surface area (Å²) in [6.45, 7) is 0. The molecule has 1 aromatic rings. The van der Waals surface area contributed by atoms with E-state index in [0.29, 0.717) is 0 Å². The van der Waals surface area contributed by atoms with Crippen molar-refractivity contribution in [2.45, 2.75) is 0 Å². The molecule has 0 aromatic carbocycles. The Balaban J connectivity index is 2.82.